The standard InChI is InChI=1S/C18H14BrClFN5OS/c1-9-23-24-18-26(9)25-15(10-2-5-12(20)6-3-10)16(28-18)17(27)22-14-7-4-11(19)8-13(14)21/h2-8,15-16,25H,1H3,(H,22,27)/t15-,16+/m0/s1. The molecule has 2 aromatic carbocycles. The van der Waals surface area contributed by atoms with Gasteiger partial charge in [-0.2, -0.15) is 0 Å². The molecule has 0 saturated carbocycles. The minimum absolute atomic E-state index is 0.117. The van der Waals surface area contributed by atoms with Crippen molar-refractivity contribution in [2.45, 2.75) is 23.4 Å². The number of rotatable bonds is 3. The van der Waals surface area contributed by atoms with Crippen LogP contribution in [0, 0.1) is 12.7 Å². The molecule has 0 saturated heterocycles. The Kier molecular flexibility index (Phi) is 5.31. The molecule has 2 atom stereocenters. The minimum Gasteiger partial charge on any atom is -0.323 e. The number of nitrogens with zero attached hydrogens (tertiary/aromatic N) is 3. The summed E-state index contributed by atoms with van der Waals surface area (Å²) < 4.78 is 16.5. The molecule has 6 nitrogen and oxygen atoms in total. The maximum Gasteiger partial charge on any atom is 0.240 e. The van der Waals surface area contributed by atoms with E-state index in [-0.39, 0.29) is 17.6 Å². The van der Waals surface area contributed by atoms with Gasteiger partial charge in [-0.15, -0.1) is 10.2 Å². The zero-order valence-electron chi connectivity index (χ0n) is 14.5. The van der Waals surface area contributed by atoms with Gasteiger partial charge in [0.2, 0.25) is 11.1 Å². The highest BCUT2D eigenvalue weighted by Gasteiger charge is 2.37. The van der Waals surface area contributed by atoms with E-state index in [9.17, 15) is 9.18 Å². The summed E-state index contributed by atoms with van der Waals surface area (Å²) in [4.78, 5) is 13.0. The van der Waals surface area contributed by atoms with Crippen LogP contribution in [0.5, 0.6) is 0 Å². The van der Waals surface area contributed by atoms with E-state index < -0.39 is 11.1 Å². The van der Waals surface area contributed by atoms with Crippen LogP contribution in [0.1, 0.15) is 17.4 Å². The molecule has 2 N–H and O–H groups in total. The van der Waals surface area contributed by atoms with Gasteiger partial charge in [0.15, 0.2) is 0 Å². The molecule has 0 unspecified atom stereocenters. The fraction of sp³-hybridized carbons (Fsp3) is 0.167. The van der Waals surface area contributed by atoms with E-state index in [0.29, 0.717) is 20.5 Å². The Labute approximate surface area is 178 Å². The van der Waals surface area contributed by atoms with Gasteiger partial charge in [0.05, 0.1) is 11.7 Å². The maximum atomic E-state index is 14.2. The first-order valence-electron chi connectivity index (χ1n) is 8.29. The largest absolute Gasteiger partial charge is 0.323 e. The summed E-state index contributed by atoms with van der Waals surface area (Å²) in [6, 6.07) is 11.3. The van der Waals surface area contributed by atoms with E-state index in [1.807, 2.05) is 19.1 Å². The van der Waals surface area contributed by atoms with E-state index in [1.54, 1.807) is 22.9 Å². The van der Waals surface area contributed by atoms with E-state index in [4.69, 9.17) is 11.6 Å². The van der Waals surface area contributed by atoms with Crippen LogP contribution < -0.4 is 10.7 Å². The SMILES string of the molecule is Cc1nnc2n1N[C@@H](c1ccc(Cl)cc1)[C@H](C(=O)Nc1ccc(Br)cc1F)S2. The Morgan fingerprint density at radius 3 is 2.75 bits per heavy atom. The van der Waals surface area contributed by atoms with Gasteiger partial charge in [0.25, 0.3) is 0 Å². The Bertz CT molecular complexity index is 1040. The van der Waals surface area contributed by atoms with Gasteiger partial charge in [-0.25, -0.2) is 9.07 Å². The number of aromatic nitrogens is 3. The lowest BCUT2D eigenvalue weighted by Crippen LogP contribution is -2.41. The molecule has 144 valence electrons. The van der Waals surface area contributed by atoms with E-state index >= 15 is 0 Å². The highest BCUT2D eigenvalue weighted by Crippen LogP contribution is 2.38. The molecule has 0 spiro atoms. The second kappa shape index (κ2) is 7.73. The Hall–Kier alpha value is -2.10. The topological polar surface area (TPSA) is 71.8 Å². The van der Waals surface area contributed by atoms with Gasteiger partial charge in [0, 0.05) is 9.50 Å². The molecule has 10 heteroatoms. The summed E-state index contributed by atoms with van der Waals surface area (Å²) in [7, 11) is 0. The van der Waals surface area contributed by atoms with Crippen LogP contribution in [-0.2, 0) is 4.79 Å². The highest BCUT2D eigenvalue weighted by atomic mass is 79.9. The Morgan fingerprint density at radius 2 is 2.04 bits per heavy atom. The average molecular weight is 483 g/mol. The highest BCUT2D eigenvalue weighted by molar-refractivity contribution is 9.10. The maximum absolute atomic E-state index is 14.2. The van der Waals surface area contributed by atoms with Crippen LogP contribution in [0.25, 0.3) is 0 Å². The second-order valence-electron chi connectivity index (χ2n) is 6.18. The number of thioether (sulfide) groups is 1. The third-order valence-corrected chi connectivity index (χ3v) is 6.24. The van der Waals surface area contributed by atoms with Crippen molar-refractivity contribution in [3.05, 3.63) is 69.2 Å². The second-order valence-corrected chi connectivity index (χ2v) is 8.64. The molecule has 0 radical (unpaired) electrons. The molecule has 3 aromatic rings. The molecule has 1 aromatic heterocycles. The zero-order valence-corrected chi connectivity index (χ0v) is 17.6. The molecule has 2 heterocycles. The van der Waals surface area contributed by atoms with Crippen molar-refractivity contribution in [3.63, 3.8) is 0 Å². The quantitative estimate of drug-likeness (QED) is 0.573. The van der Waals surface area contributed by atoms with Crippen molar-refractivity contribution in [2.24, 2.45) is 0 Å². The van der Waals surface area contributed by atoms with Gasteiger partial charge in [-0.05, 0) is 42.8 Å². The number of benzene rings is 2. The lowest BCUT2D eigenvalue weighted by atomic mass is 10.0. The molecule has 0 bridgehead atoms. The van der Waals surface area contributed by atoms with E-state index in [1.165, 1.54) is 23.9 Å². The predicted molar refractivity (Wildman–Crippen MR) is 111 cm³/mol. The molecule has 4 rings (SSSR count). The zero-order chi connectivity index (χ0) is 19.8. The molecule has 0 fully saturated rings. The number of aryl methyl sites for hydroxylation is 1. The number of carbonyl (C=O) groups excluding carboxylic acids is 1. The molecule has 1 aliphatic rings. The number of amides is 1. The van der Waals surface area contributed by atoms with Crippen molar-refractivity contribution < 1.29 is 9.18 Å². The molecule has 1 aliphatic heterocycles. The van der Waals surface area contributed by atoms with Gasteiger partial charge in [0.1, 0.15) is 16.9 Å². The number of hydrogen-bond donors (Lipinski definition) is 2. The first-order valence-corrected chi connectivity index (χ1v) is 10.3. The van der Waals surface area contributed by atoms with Crippen LogP contribution in [0.3, 0.4) is 0 Å². The number of anilines is 1. The summed E-state index contributed by atoms with van der Waals surface area (Å²) in [6.45, 7) is 1.82. The number of halogens is 3. The van der Waals surface area contributed by atoms with Gasteiger partial charge >= 0.3 is 0 Å². The third-order valence-electron chi connectivity index (χ3n) is 4.28. The van der Waals surface area contributed by atoms with Crippen molar-refractivity contribution in [1.29, 1.82) is 0 Å². The molecule has 1 amide bonds. The number of hydrogen-bond acceptors (Lipinski definition) is 5. The fourth-order valence-electron chi connectivity index (χ4n) is 2.88. The molecular weight excluding hydrogens is 469 g/mol. The lowest BCUT2D eigenvalue weighted by molar-refractivity contribution is -0.116. The summed E-state index contributed by atoms with van der Waals surface area (Å²) in [5.74, 6) is -0.177. The van der Waals surface area contributed by atoms with Crippen LogP contribution in [0.15, 0.2) is 52.1 Å². The van der Waals surface area contributed by atoms with E-state index in [0.717, 1.165) is 5.56 Å². The number of carbonyl (C=O) groups is 1. The van der Waals surface area contributed by atoms with E-state index in [2.05, 4.69) is 36.9 Å². The lowest BCUT2D eigenvalue weighted by Gasteiger charge is -2.32. The van der Waals surface area contributed by atoms with Crippen molar-refractivity contribution in [1.82, 2.24) is 14.9 Å². The first kappa shape index (κ1) is 19.2. The van der Waals surface area contributed by atoms with Gasteiger partial charge < -0.3 is 10.7 Å². The smallest absolute Gasteiger partial charge is 0.240 e. The number of fused-ring (bicyclic) bond motifs is 1. The van der Waals surface area contributed by atoms with Crippen LogP contribution >= 0.6 is 39.3 Å². The summed E-state index contributed by atoms with van der Waals surface area (Å²) in [6.07, 6.45) is 0. The number of nitrogens with one attached hydrogen (secondary N) is 2. The third kappa shape index (κ3) is 3.74. The Morgan fingerprint density at radius 1 is 1.29 bits per heavy atom. The predicted octanol–water partition coefficient (Wildman–Crippen LogP) is 4.54. The Balaban J connectivity index is 1.67. The van der Waals surface area contributed by atoms with Crippen molar-refractivity contribution in [2.75, 3.05) is 10.7 Å². The van der Waals surface area contributed by atoms with Crippen molar-refractivity contribution >= 4 is 50.9 Å². The van der Waals surface area contributed by atoms with Crippen LogP contribution in [-0.4, -0.2) is 26.0 Å². The summed E-state index contributed by atoms with van der Waals surface area (Å²) in [5, 5.41) is 11.4. The summed E-state index contributed by atoms with van der Waals surface area (Å²) >= 11 is 10.5. The molecule has 28 heavy (non-hydrogen) atoms. The summed E-state index contributed by atoms with van der Waals surface area (Å²) in [5.41, 5.74) is 4.27. The van der Waals surface area contributed by atoms with Crippen LogP contribution in [0.4, 0.5) is 10.1 Å². The fourth-order valence-corrected chi connectivity index (χ4v) is 4.46. The normalized spacial score (nSPS) is 18.3. The monoisotopic (exact) mass is 481 g/mol. The first-order chi connectivity index (χ1) is 13.4. The van der Waals surface area contributed by atoms with Gasteiger partial charge in [-0.1, -0.05) is 51.4 Å². The van der Waals surface area contributed by atoms with Gasteiger partial charge in [-0.3, -0.25) is 4.79 Å². The van der Waals surface area contributed by atoms with Crippen molar-refractivity contribution in [3.8, 4) is 0 Å². The van der Waals surface area contributed by atoms with Crippen LogP contribution in [0.2, 0.25) is 5.02 Å². The average Bonchev–Trinajstić information content (AvgIpc) is 3.04. The minimum atomic E-state index is -0.597. The molecular formula is C18H14BrClFN5OS. The molecule has 0 aliphatic carbocycles.